The lowest BCUT2D eigenvalue weighted by Crippen LogP contribution is -2.07. The van der Waals surface area contributed by atoms with E-state index in [2.05, 4.69) is 20.6 Å². The average molecular weight is 188 g/mol. The molecule has 1 aromatic rings. The molecule has 1 aliphatic rings. The Balaban J connectivity index is 2.04. The van der Waals surface area contributed by atoms with Gasteiger partial charge in [0, 0.05) is 17.3 Å². The number of hydrogen-bond acceptors (Lipinski definition) is 5. The minimum atomic E-state index is 0.451. The number of H-pyrrole nitrogens is 1. The van der Waals surface area contributed by atoms with Crippen LogP contribution in [0, 0.1) is 0 Å². The highest BCUT2D eigenvalue weighted by Gasteiger charge is 2.19. The average Bonchev–Trinajstić information content (AvgIpc) is 2.58. The van der Waals surface area contributed by atoms with E-state index in [1.54, 1.807) is 0 Å². The van der Waals surface area contributed by atoms with E-state index in [0.717, 1.165) is 11.6 Å². The van der Waals surface area contributed by atoms with E-state index < -0.39 is 0 Å². The van der Waals surface area contributed by atoms with Crippen molar-refractivity contribution in [3.05, 3.63) is 5.82 Å². The highest BCUT2D eigenvalue weighted by atomic mass is 32.2. The Morgan fingerprint density at radius 2 is 2.45 bits per heavy atom. The van der Waals surface area contributed by atoms with E-state index in [1.165, 1.54) is 11.5 Å². The summed E-state index contributed by atoms with van der Waals surface area (Å²) in [6.45, 7) is 0. The van der Waals surface area contributed by atoms with Crippen LogP contribution in [0.25, 0.3) is 0 Å². The van der Waals surface area contributed by atoms with Gasteiger partial charge in [-0.1, -0.05) is 5.21 Å². The third kappa shape index (κ3) is 1.67. The second-order valence-corrected chi connectivity index (χ2v) is 4.66. The Kier molecular flexibility index (Phi) is 2.32. The Morgan fingerprint density at radius 1 is 1.45 bits per heavy atom. The third-order valence-corrected chi connectivity index (χ3v) is 4.22. The van der Waals surface area contributed by atoms with Gasteiger partial charge in [0.05, 0.1) is 5.25 Å². The van der Waals surface area contributed by atoms with Crippen molar-refractivity contribution in [3.8, 4) is 0 Å². The van der Waals surface area contributed by atoms with Gasteiger partial charge < -0.3 is 0 Å². The lowest BCUT2D eigenvalue weighted by Gasteiger charge is -2.16. The number of thioether (sulfide) groups is 2. The second kappa shape index (κ2) is 3.44. The number of hydrogen-bond donors (Lipinski definition) is 1. The molecule has 0 amide bonds. The van der Waals surface area contributed by atoms with Crippen LogP contribution < -0.4 is 0 Å². The summed E-state index contributed by atoms with van der Waals surface area (Å²) in [5.41, 5.74) is 0. The molecule has 1 unspecified atom stereocenters. The Morgan fingerprint density at radius 3 is 3.09 bits per heavy atom. The van der Waals surface area contributed by atoms with Crippen LogP contribution in [0.2, 0.25) is 0 Å². The maximum absolute atomic E-state index is 3.96. The summed E-state index contributed by atoms with van der Waals surface area (Å²) in [7, 11) is 0. The SMILES string of the molecule is C1CSC(c2nn[nH]n2)CS1. The first-order chi connectivity index (χ1) is 5.47. The van der Waals surface area contributed by atoms with Crippen LogP contribution in [-0.2, 0) is 0 Å². The standard InChI is InChI=1S/C5H8N4S2/c1-2-11-4(3-10-1)5-6-8-9-7-5/h4H,1-3H2,(H,6,7,8,9). The smallest absolute Gasteiger partial charge is 0.177 e. The van der Waals surface area contributed by atoms with E-state index in [-0.39, 0.29) is 0 Å². The minimum absolute atomic E-state index is 0.451. The van der Waals surface area contributed by atoms with Gasteiger partial charge >= 0.3 is 0 Å². The van der Waals surface area contributed by atoms with Crippen LogP contribution >= 0.6 is 23.5 Å². The first-order valence-electron chi connectivity index (χ1n) is 3.39. The molecule has 1 atom stereocenters. The van der Waals surface area contributed by atoms with Crippen molar-refractivity contribution in [2.24, 2.45) is 0 Å². The molecule has 1 fully saturated rings. The molecule has 0 bridgehead atoms. The molecule has 60 valence electrons. The maximum atomic E-state index is 3.96. The number of aromatic nitrogens is 4. The van der Waals surface area contributed by atoms with E-state index >= 15 is 0 Å². The summed E-state index contributed by atoms with van der Waals surface area (Å²) < 4.78 is 0. The second-order valence-electron chi connectivity index (χ2n) is 2.20. The van der Waals surface area contributed by atoms with Crippen molar-refractivity contribution in [1.29, 1.82) is 0 Å². The van der Waals surface area contributed by atoms with Crippen molar-refractivity contribution >= 4 is 23.5 Å². The molecule has 2 heterocycles. The minimum Gasteiger partial charge on any atom is -0.177 e. The Hall–Kier alpha value is -0.230. The number of nitrogens with zero attached hydrogens (tertiary/aromatic N) is 3. The summed E-state index contributed by atoms with van der Waals surface area (Å²) >= 11 is 3.87. The molecular weight excluding hydrogens is 180 g/mol. The molecule has 0 radical (unpaired) electrons. The topological polar surface area (TPSA) is 54.5 Å². The predicted molar refractivity (Wildman–Crippen MR) is 46.7 cm³/mol. The zero-order valence-electron chi connectivity index (χ0n) is 5.86. The maximum Gasteiger partial charge on any atom is 0.188 e. The van der Waals surface area contributed by atoms with Gasteiger partial charge in [0.15, 0.2) is 5.82 Å². The lowest BCUT2D eigenvalue weighted by atomic mass is 10.4. The van der Waals surface area contributed by atoms with Crippen LogP contribution in [-0.4, -0.2) is 37.9 Å². The van der Waals surface area contributed by atoms with E-state index in [0.29, 0.717) is 5.25 Å². The largest absolute Gasteiger partial charge is 0.188 e. The molecular formula is C5H8N4S2. The van der Waals surface area contributed by atoms with Crippen LogP contribution in [0.15, 0.2) is 0 Å². The van der Waals surface area contributed by atoms with Crippen molar-refractivity contribution in [1.82, 2.24) is 20.6 Å². The fourth-order valence-electron chi connectivity index (χ4n) is 0.943. The van der Waals surface area contributed by atoms with Gasteiger partial charge in [-0.3, -0.25) is 0 Å². The normalized spacial score (nSPS) is 25.3. The fourth-order valence-corrected chi connectivity index (χ4v) is 3.54. The summed E-state index contributed by atoms with van der Waals surface area (Å²) in [6, 6.07) is 0. The summed E-state index contributed by atoms with van der Waals surface area (Å²) in [5, 5.41) is 14.4. The highest BCUT2D eigenvalue weighted by Crippen LogP contribution is 2.34. The van der Waals surface area contributed by atoms with Crippen LogP contribution in [0.1, 0.15) is 11.1 Å². The van der Waals surface area contributed by atoms with Gasteiger partial charge in [-0.25, -0.2) is 0 Å². The van der Waals surface area contributed by atoms with Gasteiger partial charge in [0.25, 0.3) is 0 Å². The summed E-state index contributed by atoms with van der Waals surface area (Å²) in [4.78, 5) is 0. The van der Waals surface area contributed by atoms with Crippen molar-refractivity contribution in [3.63, 3.8) is 0 Å². The number of tetrazole rings is 1. The van der Waals surface area contributed by atoms with E-state index in [4.69, 9.17) is 0 Å². The summed E-state index contributed by atoms with van der Waals surface area (Å²) in [5.74, 6) is 4.41. The van der Waals surface area contributed by atoms with Crippen LogP contribution in [0.3, 0.4) is 0 Å². The molecule has 0 aliphatic carbocycles. The molecule has 0 saturated carbocycles. The molecule has 4 nitrogen and oxygen atoms in total. The van der Waals surface area contributed by atoms with E-state index in [1.807, 2.05) is 23.5 Å². The zero-order valence-corrected chi connectivity index (χ0v) is 7.49. The molecule has 1 aromatic heterocycles. The van der Waals surface area contributed by atoms with Gasteiger partial charge in [0.2, 0.25) is 0 Å². The highest BCUT2D eigenvalue weighted by molar-refractivity contribution is 8.06. The fraction of sp³-hybridized carbons (Fsp3) is 0.800. The molecule has 2 rings (SSSR count). The monoisotopic (exact) mass is 188 g/mol. The molecule has 1 aliphatic heterocycles. The van der Waals surface area contributed by atoms with Gasteiger partial charge in [-0.2, -0.15) is 17.0 Å². The molecule has 11 heavy (non-hydrogen) atoms. The quantitative estimate of drug-likeness (QED) is 0.704. The predicted octanol–water partition coefficient (Wildman–Crippen LogP) is 0.721. The number of nitrogens with one attached hydrogen (secondary N) is 1. The molecule has 6 heteroatoms. The first kappa shape index (κ1) is 7.42. The van der Waals surface area contributed by atoms with Crippen molar-refractivity contribution in [2.75, 3.05) is 17.3 Å². The number of rotatable bonds is 1. The molecule has 0 aromatic carbocycles. The van der Waals surface area contributed by atoms with Gasteiger partial charge in [-0.15, -0.1) is 22.0 Å². The Bertz CT molecular complexity index is 206. The van der Waals surface area contributed by atoms with Crippen LogP contribution in [0.4, 0.5) is 0 Å². The molecule has 0 spiro atoms. The third-order valence-electron chi connectivity index (χ3n) is 1.47. The zero-order chi connectivity index (χ0) is 7.52. The Labute approximate surface area is 72.9 Å². The lowest BCUT2D eigenvalue weighted by molar-refractivity contribution is 0.881. The first-order valence-corrected chi connectivity index (χ1v) is 5.60. The van der Waals surface area contributed by atoms with Gasteiger partial charge in [-0.05, 0) is 0 Å². The van der Waals surface area contributed by atoms with Crippen molar-refractivity contribution < 1.29 is 0 Å². The van der Waals surface area contributed by atoms with E-state index in [9.17, 15) is 0 Å². The van der Waals surface area contributed by atoms with Gasteiger partial charge in [0.1, 0.15) is 0 Å². The van der Waals surface area contributed by atoms with Crippen molar-refractivity contribution in [2.45, 2.75) is 5.25 Å². The number of aromatic amines is 1. The summed E-state index contributed by atoms with van der Waals surface area (Å²) in [6.07, 6.45) is 0. The molecule has 1 N–H and O–H groups in total. The molecule has 1 saturated heterocycles. The van der Waals surface area contributed by atoms with Crippen LogP contribution in [0.5, 0.6) is 0 Å².